The molecule has 0 aliphatic rings. The molecule has 0 aliphatic heterocycles. The Balaban J connectivity index is 2.19. The first kappa shape index (κ1) is 20.0. The van der Waals surface area contributed by atoms with Crippen molar-refractivity contribution in [2.45, 2.75) is 39.3 Å². The molecule has 2 aromatic rings. The van der Waals surface area contributed by atoms with Gasteiger partial charge < -0.3 is 10.2 Å². The van der Waals surface area contributed by atoms with E-state index in [1.807, 2.05) is 55.5 Å². The zero-order valence-corrected chi connectivity index (χ0v) is 16.0. The van der Waals surface area contributed by atoms with E-state index in [9.17, 15) is 9.59 Å². The minimum atomic E-state index is -0.559. The first-order chi connectivity index (χ1) is 12.5. The van der Waals surface area contributed by atoms with E-state index in [0.29, 0.717) is 18.1 Å². The molecule has 0 aliphatic carbocycles. The monoisotopic (exact) mass is 372 g/mol. The van der Waals surface area contributed by atoms with E-state index in [0.717, 1.165) is 17.5 Å². The predicted octanol–water partition coefficient (Wildman–Crippen LogP) is 3.83. The van der Waals surface area contributed by atoms with Crippen LogP contribution in [0.15, 0.2) is 54.6 Å². The van der Waals surface area contributed by atoms with Crippen LogP contribution in [0.5, 0.6) is 0 Å². The molecule has 0 heterocycles. The van der Waals surface area contributed by atoms with Crippen molar-refractivity contribution in [2.24, 2.45) is 0 Å². The second-order valence-electron chi connectivity index (χ2n) is 6.28. The molecule has 0 saturated heterocycles. The second-order valence-corrected chi connectivity index (χ2v) is 6.72. The summed E-state index contributed by atoms with van der Waals surface area (Å²) in [4.78, 5) is 27.0. The lowest BCUT2D eigenvalue weighted by molar-refractivity contribution is -0.140. The molecule has 2 amide bonds. The standard InChI is InChI=1S/C21H25ClN2O2/c1-3-12-23-21(26)16(2)24(15-18-10-7-11-19(22)13-18)20(25)14-17-8-5-4-6-9-17/h4-11,13,16H,3,12,14-15H2,1-2H3,(H,23,26). The van der Waals surface area contributed by atoms with Crippen LogP contribution in [0, 0.1) is 0 Å². The van der Waals surface area contributed by atoms with Crippen molar-refractivity contribution in [3.8, 4) is 0 Å². The van der Waals surface area contributed by atoms with Crippen molar-refractivity contribution in [1.82, 2.24) is 10.2 Å². The maximum Gasteiger partial charge on any atom is 0.242 e. The third-order valence-electron chi connectivity index (χ3n) is 4.16. The van der Waals surface area contributed by atoms with E-state index in [-0.39, 0.29) is 18.2 Å². The van der Waals surface area contributed by atoms with Crippen molar-refractivity contribution in [3.63, 3.8) is 0 Å². The topological polar surface area (TPSA) is 49.4 Å². The highest BCUT2D eigenvalue weighted by atomic mass is 35.5. The highest BCUT2D eigenvalue weighted by molar-refractivity contribution is 6.30. The second kappa shape index (κ2) is 9.97. The number of rotatable bonds is 8. The van der Waals surface area contributed by atoms with Crippen LogP contribution >= 0.6 is 11.6 Å². The first-order valence-corrected chi connectivity index (χ1v) is 9.24. The molecule has 2 rings (SSSR count). The average Bonchev–Trinajstić information content (AvgIpc) is 2.64. The molecule has 0 aromatic heterocycles. The summed E-state index contributed by atoms with van der Waals surface area (Å²) in [6.07, 6.45) is 1.11. The fourth-order valence-electron chi connectivity index (χ4n) is 2.68. The molecule has 5 heteroatoms. The molecule has 0 radical (unpaired) electrons. The molecule has 0 saturated carbocycles. The Hall–Kier alpha value is -2.33. The van der Waals surface area contributed by atoms with Gasteiger partial charge in [0.1, 0.15) is 6.04 Å². The van der Waals surface area contributed by atoms with Crippen LogP contribution in [0.3, 0.4) is 0 Å². The number of nitrogens with one attached hydrogen (secondary N) is 1. The average molecular weight is 373 g/mol. The molecule has 138 valence electrons. The molecule has 0 bridgehead atoms. The SMILES string of the molecule is CCCNC(=O)C(C)N(Cc1cccc(Cl)c1)C(=O)Cc1ccccc1. The van der Waals surface area contributed by atoms with Gasteiger partial charge in [-0.3, -0.25) is 9.59 Å². The number of halogens is 1. The van der Waals surface area contributed by atoms with Crippen LogP contribution in [0.2, 0.25) is 5.02 Å². The van der Waals surface area contributed by atoms with Gasteiger partial charge in [-0.15, -0.1) is 0 Å². The summed E-state index contributed by atoms with van der Waals surface area (Å²) in [5, 5.41) is 3.48. The Morgan fingerprint density at radius 1 is 1.08 bits per heavy atom. The van der Waals surface area contributed by atoms with Crippen molar-refractivity contribution in [3.05, 3.63) is 70.7 Å². The minimum Gasteiger partial charge on any atom is -0.354 e. The predicted molar refractivity (Wildman–Crippen MR) is 105 cm³/mol. The number of carbonyl (C=O) groups excluding carboxylic acids is 2. The van der Waals surface area contributed by atoms with Gasteiger partial charge in [-0.25, -0.2) is 0 Å². The smallest absolute Gasteiger partial charge is 0.242 e. The zero-order chi connectivity index (χ0) is 18.9. The van der Waals surface area contributed by atoms with E-state index in [1.54, 1.807) is 17.9 Å². The Labute approximate surface area is 160 Å². The summed E-state index contributed by atoms with van der Waals surface area (Å²) in [5.74, 6) is -0.231. The highest BCUT2D eigenvalue weighted by Gasteiger charge is 2.26. The summed E-state index contributed by atoms with van der Waals surface area (Å²) >= 11 is 6.07. The molecule has 0 spiro atoms. The van der Waals surface area contributed by atoms with Gasteiger partial charge in [-0.2, -0.15) is 0 Å². The van der Waals surface area contributed by atoms with Crippen molar-refractivity contribution < 1.29 is 9.59 Å². The molecular weight excluding hydrogens is 348 g/mol. The summed E-state index contributed by atoms with van der Waals surface area (Å²) in [6.45, 7) is 4.70. The third-order valence-corrected chi connectivity index (χ3v) is 4.39. The summed E-state index contributed by atoms with van der Waals surface area (Å²) < 4.78 is 0. The largest absolute Gasteiger partial charge is 0.354 e. The fourth-order valence-corrected chi connectivity index (χ4v) is 2.90. The first-order valence-electron chi connectivity index (χ1n) is 8.86. The van der Waals surface area contributed by atoms with Gasteiger partial charge in [0.05, 0.1) is 6.42 Å². The fraction of sp³-hybridized carbons (Fsp3) is 0.333. The molecule has 26 heavy (non-hydrogen) atoms. The number of benzene rings is 2. The van der Waals surface area contributed by atoms with Crippen LogP contribution in [0.25, 0.3) is 0 Å². The van der Waals surface area contributed by atoms with Crippen molar-refractivity contribution >= 4 is 23.4 Å². The summed E-state index contributed by atoms with van der Waals surface area (Å²) in [6, 6.07) is 16.4. The number of carbonyl (C=O) groups is 2. The molecule has 1 unspecified atom stereocenters. The van der Waals surface area contributed by atoms with Gasteiger partial charge in [-0.1, -0.05) is 61.0 Å². The normalized spacial score (nSPS) is 11.7. The summed E-state index contributed by atoms with van der Waals surface area (Å²) in [5.41, 5.74) is 1.82. The molecular formula is C21H25ClN2O2. The van der Waals surface area contributed by atoms with E-state index in [2.05, 4.69) is 5.32 Å². The van der Waals surface area contributed by atoms with Gasteiger partial charge in [0.15, 0.2) is 0 Å². The van der Waals surface area contributed by atoms with Crippen LogP contribution in [0.4, 0.5) is 0 Å². The van der Waals surface area contributed by atoms with Gasteiger partial charge in [0, 0.05) is 18.1 Å². The summed E-state index contributed by atoms with van der Waals surface area (Å²) in [7, 11) is 0. The Morgan fingerprint density at radius 3 is 2.42 bits per heavy atom. The van der Waals surface area contributed by atoms with E-state index in [4.69, 9.17) is 11.6 Å². The van der Waals surface area contributed by atoms with Crippen molar-refractivity contribution in [1.29, 1.82) is 0 Å². The zero-order valence-electron chi connectivity index (χ0n) is 15.2. The van der Waals surface area contributed by atoms with Crippen LogP contribution in [-0.2, 0) is 22.6 Å². The van der Waals surface area contributed by atoms with Gasteiger partial charge >= 0.3 is 0 Å². The van der Waals surface area contributed by atoms with Crippen molar-refractivity contribution in [2.75, 3.05) is 6.54 Å². The Morgan fingerprint density at radius 2 is 1.77 bits per heavy atom. The van der Waals surface area contributed by atoms with Crippen LogP contribution < -0.4 is 5.32 Å². The third kappa shape index (κ3) is 5.88. The number of hydrogen-bond donors (Lipinski definition) is 1. The number of amides is 2. The quantitative estimate of drug-likeness (QED) is 0.765. The van der Waals surface area contributed by atoms with Gasteiger partial charge in [-0.05, 0) is 36.6 Å². The van der Waals surface area contributed by atoms with E-state index < -0.39 is 6.04 Å². The highest BCUT2D eigenvalue weighted by Crippen LogP contribution is 2.16. The molecule has 4 nitrogen and oxygen atoms in total. The lowest BCUT2D eigenvalue weighted by Gasteiger charge is -2.29. The Kier molecular flexibility index (Phi) is 7.67. The molecule has 1 atom stereocenters. The molecule has 0 fully saturated rings. The minimum absolute atomic E-state index is 0.0877. The lowest BCUT2D eigenvalue weighted by atomic mass is 10.1. The molecule has 1 N–H and O–H groups in total. The number of nitrogens with zero attached hydrogens (tertiary/aromatic N) is 1. The van der Waals surface area contributed by atoms with Gasteiger partial charge in [0.25, 0.3) is 0 Å². The van der Waals surface area contributed by atoms with E-state index in [1.165, 1.54) is 0 Å². The maximum atomic E-state index is 12.9. The maximum absolute atomic E-state index is 12.9. The molecule has 2 aromatic carbocycles. The Bertz CT molecular complexity index is 734. The van der Waals surface area contributed by atoms with Gasteiger partial charge in [0.2, 0.25) is 11.8 Å². The van der Waals surface area contributed by atoms with E-state index >= 15 is 0 Å². The van der Waals surface area contributed by atoms with Crippen LogP contribution in [-0.4, -0.2) is 29.3 Å². The lowest BCUT2D eigenvalue weighted by Crippen LogP contribution is -2.48. The van der Waals surface area contributed by atoms with Crippen LogP contribution in [0.1, 0.15) is 31.4 Å². The number of hydrogen-bond acceptors (Lipinski definition) is 2.